The van der Waals surface area contributed by atoms with Crippen molar-refractivity contribution in [2.45, 2.75) is 64.4 Å². The smallest absolute Gasteiger partial charge is 0.0944 e. The van der Waals surface area contributed by atoms with E-state index in [1.165, 1.54) is 32.1 Å². The Labute approximate surface area is 122 Å². The van der Waals surface area contributed by atoms with Gasteiger partial charge in [-0.3, -0.25) is 0 Å². The van der Waals surface area contributed by atoms with Crippen LogP contribution in [0.4, 0.5) is 0 Å². The monoisotopic (exact) mass is 276 g/mol. The number of hydrogen-bond acceptors (Lipinski definition) is 2. The molecule has 2 heteroatoms. The summed E-state index contributed by atoms with van der Waals surface area (Å²) in [5.41, 5.74) is 0.0855. The van der Waals surface area contributed by atoms with Gasteiger partial charge in [-0.15, -0.1) is 0 Å². The first-order valence-electron chi connectivity index (χ1n) is 8.67. The van der Waals surface area contributed by atoms with Gasteiger partial charge in [-0.25, -0.2) is 0 Å². The van der Waals surface area contributed by atoms with Gasteiger partial charge >= 0.3 is 0 Å². The predicted octanol–water partition coefficient (Wildman–Crippen LogP) is 4.05. The normalized spacial score (nSPS) is 54.6. The zero-order chi connectivity index (χ0) is 13.9. The minimum atomic E-state index is -0.0288. The first kappa shape index (κ1) is 13.2. The molecule has 4 aliphatic carbocycles. The average Bonchev–Trinajstić information content (AvgIpc) is 2.74. The lowest BCUT2D eigenvalue weighted by atomic mass is 9.50. The summed E-state index contributed by atoms with van der Waals surface area (Å²) < 4.78 is 0. The van der Waals surface area contributed by atoms with Gasteiger partial charge in [-0.05, 0) is 87.0 Å². The van der Waals surface area contributed by atoms with E-state index in [0.29, 0.717) is 11.7 Å². The van der Waals surface area contributed by atoms with Crippen LogP contribution in [-0.2, 0) is 0 Å². The summed E-state index contributed by atoms with van der Waals surface area (Å²) in [6.45, 7) is 2.30. The summed E-state index contributed by atoms with van der Waals surface area (Å²) in [6, 6.07) is 0. The number of allylic oxidation sites excluding steroid dienone is 2. The third kappa shape index (κ3) is 1.73. The second-order valence-corrected chi connectivity index (χ2v) is 8.18. The van der Waals surface area contributed by atoms with E-state index in [0.717, 1.165) is 42.9 Å². The number of aliphatic hydroxyl groups is 2. The Morgan fingerprint density at radius 3 is 2.70 bits per heavy atom. The van der Waals surface area contributed by atoms with Crippen LogP contribution in [0, 0.1) is 35.0 Å². The Morgan fingerprint density at radius 1 is 1.05 bits per heavy atom. The Morgan fingerprint density at radius 2 is 1.85 bits per heavy atom. The molecule has 0 bridgehead atoms. The molecule has 2 unspecified atom stereocenters. The Bertz CT molecular complexity index is 429. The van der Waals surface area contributed by atoms with Gasteiger partial charge in [0.05, 0.1) is 11.9 Å². The summed E-state index contributed by atoms with van der Waals surface area (Å²) in [5, 5.41) is 20.2. The molecule has 4 aliphatic rings. The van der Waals surface area contributed by atoms with Crippen LogP contribution in [0.5, 0.6) is 0 Å². The van der Waals surface area contributed by atoms with E-state index in [9.17, 15) is 10.2 Å². The summed E-state index contributed by atoms with van der Waals surface area (Å²) in [4.78, 5) is 0. The largest absolute Gasteiger partial charge is 0.512 e. The molecule has 0 amide bonds. The second-order valence-electron chi connectivity index (χ2n) is 8.18. The molecule has 0 saturated heterocycles. The highest BCUT2D eigenvalue weighted by Gasteiger charge is 2.54. The van der Waals surface area contributed by atoms with Gasteiger partial charge in [-0.1, -0.05) is 6.92 Å². The number of aliphatic hydroxyl groups excluding tert-OH is 2. The Hall–Kier alpha value is -0.500. The lowest BCUT2D eigenvalue weighted by Gasteiger charge is -2.55. The highest BCUT2D eigenvalue weighted by Crippen LogP contribution is 2.62. The van der Waals surface area contributed by atoms with Crippen molar-refractivity contribution in [3.63, 3.8) is 0 Å². The van der Waals surface area contributed by atoms with Crippen molar-refractivity contribution >= 4 is 0 Å². The van der Waals surface area contributed by atoms with Crippen LogP contribution in [0.3, 0.4) is 0 Å². The molecule has 0 spiro atoms. The molecule has 2 N–H and O–H groups in total. The Kier molecular flexibility index (Phi) is 2.96. The van der Waals surface area contributed by atoms with Gasteiger partial charge in [0.15, 0.2) is 0 Å². The van der Waals surface area contributed by atoms with E-state index in [1.54, 1.807) is 0 Å². The summed E-state index contributed by atoms with van der Waals surface area (Å²) >= 11 is 0. The van der Waals surface area contributed by atoms with Crippen molar-refractivity contribution in [3.8, 4) is 0 Å². The molecule has 4 rings (SSSR count). The minimum absolute atomic E-state index is 0.0288. The van der Waals surface area contributed by atoms with Crippen molar-refractivity contribution in [2.24, 2.45) is 35.0 Å². The summed E-state index contributed by atoms with van der Waals surface area (Å²) in [7, 11) is 0. The van der Waals surface area contributed by atoms with Gasteiger partial charge in [0.2, 0.25) is 0 Å². The van der Waals surface area contributed by atoms with Crippen LogP contribution in [0.25, 0.3) is 0 Å². The van der Waals surface area contributed by atoms with E-state index in [1.807, 2.05) is 0 Å². The predicted molar refractivity (Wildman–Crippen MR) is 79.2 cm³/mol. The molecule has 3 saturated carbocycles. The van der Waals surface area contributed by atoms with Gasteiger partial charge in [0.25, 0.3) is 0 Å². The fourth-order valence-electron chi connectivity index (χ4n) is 6.37. The third-order valence-corrected chi connectivity index (χ3v) is 7.47. The fourth-order valence-corrected chi connectivity index (χ4v) is 6.37. The highest BCUT2D eigenvalue weighted by atomic mass is 16.3. The van der Waals surface area contributed by atoms with Crippen molar-refractivity contribution in [1.82, 2.24) is 0 Å². The SMILES string of the molecule is C[C@]12CC[C@H]3[C@@H](CCC4CC(O)CC[C@@H]43)[C@@H]1CC=C2O. The first-order valence-corrected chi connectivity index (χ1v) is 8.67. The van der Waals surface area contributed by atoms with E-state index >= 15 is 0 Å². The molecule has 0 aliphatic heterocycles. The molecule has 7 atom stereocenters. The first-order chi connectivity index (χ1) is 9.59. The fraction of sp³-hybridized carbons (Fsp3) is 0.889. The Balaban J connectivity index is 1.57. The zero-order valence-electron chi connectivity index (χ0n) is 12.6. The van der Waals surface area contributed by atoms with Crippen LogP contribution in [0.15, 0.2) is 11.8 Å². The highest BCUT2D eigenvalue weighted by molar-refractivity contribution is 5.19. The van der Waals surface area contributed by atoms with Gasteiger partial charge in [0, 0.05) is 5.41 Å². The molecule has 2 nitrogen and oxygen atoms in total. The molecule has 0 heterocycles. The summed E-state index contributed by atoms with van der Waals surface area (Å²) in [5.74, 6) is 4.72. The van der Waals surface area contributed by atoms with Crippen molar-refractivity contribution in [1.29, 1.82) is 0 Å². The second kappa shape index (κ2) is 4.50. The van der Waals surface area contributed by atoms with Crippen LogP contribution in [-0.4, -0.2) is 16.3 Å². The number of rotatable bonds is 0. The molecule has 112 valence electrons. The lowest BCUT2D eigenvalue weighted by Crippen LogP contribution is -2.48. The van der Waals surface area contributed by atoms with E-state index in [2.05, 4.69) is 13.0 Å². The topological polar surface area (TPSA) is 40.5 Å². The van der Waals surface area contributed by atoms with E-state index in [-0.39, 0.29) is 11.5 Å². The van der Waals surface area contributed by atoms with Gasteiger partial charge in [0.1, 0.15) is 0 Å². The molecule has 0 aromatic rings. The zero-order valence-corrected chi connectivity index (χ0v) is 12.6. The van der Waals surface area contributed by atoms with Crippen molar-refractivity contribution in [3.05, 3.63) is 11.8 Å². The quantitative estimate of drug-likeness (QED) is 0.700. The minimum Gasteiger partial charge on any atom is -0.512 e. The number of fused-ring (bicyclic) bond motifs is 5. The van der Waals surface area contributed by atoms with Gasteiger partial charge in [-0.2, -0.15) is 0 Å². The molecule has 20 heavy (non-hydrogen) atoms. The molecule has 0 radical (unpaired) electrons. The summed E-state index contributed by atoms with van der Waals surface area (Å²) in [6.07, 6.45) is 11.6. The van der Waals surface area contributed by atoms with Crippen molar-refractivity contribution in [2.75, 3.05) is 0 Å². The maximum atomic E-state index is 10.3. The van der Waals surface area contributed by atoms with Crippen molar-refractivity contribution < 1.29 is 10.2 Å². The van der Waals surface area contributed by atoms with Crippen LogP contribution >= 0.6 is 0 Å². The molecule has 0 aromatic carbocycles. The van der Waals surface area contributed by atoms with Crippen LogP contribution in [0.1, 0.15) is 58.3 Å². The van der Waals surface area contributed by atoms with E-state index in [4.69, 9.17) is 0 Å². The van der Waals surface area contributed by atoms with Gasteiger partial charge < -0.3 is 10.2 Å². The standard InChI is InChI=1S/C18H28O2/c1-18-9-8-14-13-5-3-12(19)10-11(13)2-4-15(14)16(18)6-7-17(18)20/h7,11-16,19-20H,2-6,8-10H2,1H3/t11?,12?,13-,14+,15+,16-,18-/m0/s1. The molecule has 3 fully saturated rings. The number of hydrogen-bond donors (Lipinski definition) is 2. The molecular weight excluding hydrogens is 248 g/mol. The molecule has 0 aromatic heterocycles. The maximum Gasteiger partial charge on any atom is 0.0944 e. The average molecular weight is 276 g/mol. The third-order valence-electron chi connectivity index (χ3n) is 7.47. The van der Waals surface area contributed by atoms with Crippen LogP contribution < -0.4 is 0 Å². The van der Waals surface area contributed by atoms with E-state index < -0.39 is 0 Å². The molecular formula is C18H28O2. The lowest BCUT2D eigenvalue weighted by molar-refractivity contribution is -0.0693. The van der Waals surface area contributed by atoms with Crippen LogP contribution in [0.2, 0.25) is 0 Å². The maximum absolute atomic E-state index is 10.3.